The van der Waals surface area contributed by atoms with Crippen LogP contribution >= 0.6 is 11.8 Å². The highest BCUT2D eigenvalue weighted by Gasteiger charge is 2.34. The number of benzene rings is 1. The third kappa shape index (κ3) is 3.44. The van der Waals surface area contributed by atoms with Crippen LogP contribution in [0.5, 0.6) is 11.5 Å². The van der Waals surface area contributed by atoms with E-state index in [0.717, 1.165) is 30.2 Å². The van der Waals surface area contributed by atoms with Gasteiger partial charge in [0.25, 0.3) is 11.1 Å². The molecule has 1 heterocycles. The van der Waals surface area contributed by atoms with Crippen LogP contribution in [0.25, 0.3) is 6.08 Å². The Balaban J connectivity index is 2.23. The number of hydrogen-bond acceptors (Lipinski definition) is 5. The molecule has 2 amide bonds. The second-order valence-electron chi connectivity index (χ2n) is 4.80. The Bertz CT molecular complexity index is 612. The van der Waals surface area contributed by atoms with Gasteiger partial charge < -0.3 is 9.47 Å². The Morgan fingerprint density at radius 1 is 1.18 bits per heavy atom. The van der Waals surface area contributed by atoms with Gasteiger partial charge >= 0.3 is 0 Å². The van der Waals surface area contributed by atoms with E-state index >= 15 is 0 Å². The van der Waals surface area contributed by atoms with Gasteiger partial charge in [0.1, 0.15) is 0 Å². The minimum atomic E-state index is -0.224. The van der Waals surface area contributed by atoms with Crippen LogP contribution in [0.3, 0.4) is 0 Å². The summed E-state index contributed by atoms with van der Waals surface area (Å²) in [6, 6.07) is 5.37. The third-order valence-electron chi connectivity index (χ3n) is 3.31. The van der Waals surface area contributed by atoms with Crippen molar-refractivity contribution in [2.24, 2.45) is 0 Å². The quantitative estimate of drug-likeness (QED) is 0.750. The van der Waals surface area contributed by atoms with Gasteiger partial charge in [0.05, 0.1) is 19.1 Å². The SMILES string of the molecule is CCCCN1C(=O)SC(=Cc2ccc(OC)c(OC)c2)C1=O. The van der Waals surface area contributed by atoms with Crippen molar-refractivity contribution in [1.82, 2.24) is 4.90 Å². The van der Waals surface area contributed by atoms with E-state index in [1.165, 1.54) is 4.90 Å². The van der Waals surface area contributed by atoms with Crippen molar-refractivity contribution in [3.63, 3.8) is 0 Å². The standard InChI is InChI=1S/C16H19NO4S/c1-4-5-8-17-15(18)14(22-16(17)19)10-11-6-7-12(20-2)13(9-11)21-3/h6-7,9-10H,4-5,8H2,1-3H3. The van der Waals surface area contributed by atoms with E-state index in [-0.39, 0.29) is 11.1 Å². The van der Waals surface area contributed by atoms with E-state index in [4.69, 9.17) is 9.47 Å². The van der Waals surface area contributed by atoms with Crippen molar-refractivity contribution in [3.05, 3.63) is 28.7 Å². The molecule has 0 spiro atoms. The van der Waals surface area contributed by atoms with Gasteiger partial charge in [0.2, 0.25) is 0 Å². The molecule has 0 saturated carbocycles. The molecule has 1 aromatic rings. The van der Waals surface area contributed by atoms with Gasteiger partial charge in [0.15, 0.2) is 11.5 Å². The van der Waals surface area contributed by atoms with E-state index in [2.05, 4.69) is 0 Å². The summed E-state index contributed by atoms with van der Waals surface area (Å²) in [6.07, 6.45) is 3.47. The molecule has 1 fully saturated rings. The fraction of sp³-hybridized carbons (Fsp3) is 0.375. The van der Waals surface area contributed by atoms with Gasteiger partial charge in [-0.2, -0.15) is 0 Å². The number of ether oxygens (including phenoxy) is 2. The summed E-state index contributed by atoms with van der Waals surface area (Å²) in [7, 11) is 3.12. The zero-order valence-corrected chi connectivity index (χ0v) is 13.7. The van der Waals surface area contributed by atoms with Crippen molar-refractivity contribution in [1.29, 1.82) is 0 Å². The minimum absolute atomic E-state index is 0.204. The summed E-state index contributed by atoms with van der Waals surface area (Å²) in [5.74, 6) is 0.982. The van der Waals surface area contributed by atoms with E-state index in [9.17, 15) is 9.59 Å². The number of rotatable bonds is 6. The smallest absolute Gasteiger partial charge is 0.293 e. The van der Waals surface area contributed by atoms with Gasteiger partial charge in [-0.1, -0.05) is 19.4 Å². The van der Waals surface area contributed by atoms with Crippen molar-refractivity contribution < 1.29 is 19.1 Å². The zero-order chi connectivity index (χ0) is 16.1. The van der Waals surface area contributed by atoms with Crippen molar-refractivity contribution in [3.8, 4) is 11.5 Å². The van der Waals surface area contributed by atoms with Crippen LogP contribution in [-0.2, 0) is 4.79 Å². The predicted molar refractivity (Wildman–Crippen MR) is 87.1 cm³/mol. The molecule has 0 atom stereocenters. The largest absolute Gasteiger partial charge is 0.493 e. The Morgan fingerprint density at radius 3 is 2.55 bits per heavy atom. The van der Waals surface area contributed by atoms with Gasteiger partial charge in [0, 0.05) is 6.54 Å². The molecule has 0 radical (unpaired) electrons. The van der Waals surface area contributed by atoms with Crippen LogP contribution in [-0.4, -0.2) is 36.8 Å². The lowest BCUT2D eigenvalue weighted by Crippen LogP contribution is -2.29. The molecule has 0 bridgehead atoms. The maximum Gasteiger partial charge on any atom is 0.293 e. The number of carbonyl (C=O) groups is 2. The van der Waals surface area contributed by atoms with Crippen LogP contribution in [0.15, 0.2) is 23.1 Å². The van der Waals surface area contributed by atoms with E-state index in [0.29, 0.717) is 22.9 Å². The topological polar surface area (TPSA) is 55.8 Å². The highest BCUT2D eigenvalue weighted by atomic mass is 32.2. The summed E-state index contributed by atoms with van der Waals surface area (Å²) in [4.78, 5) is 25.9. The first kappa shape index (κ1) is 16.4. The number of amides is 2. The molecule has 1 saturated heterocycles. The van der Waals surface area contributed by atoms with Gasteiger partial charge in [-0.05, 0) is 42.0 Å². The third-order valence-corrected chi connectivity index (χ3v) is 4.22. The highest BCUT2D eigenvalue weighted by Crippen LogP contribution is 2.34. The summed E-state index contributed by atoms with van der Waals surface area (Å²) in [5, 5.41) is -0.204. The molecule has 1 aliphatic rings. The normalized spacial score (nSPS) is 16.5. The Kier molecular flexibility index (Phi) is 5.49. The van der Waals surface area contributed by atoms with Crippen LogP contribution < -0.4 is 9.47 Å². The van der Waals surface area contributed by atoms with Crippen LogP contribution in [0.2, 0.25) is 0 Å². The second-order valence-corrected chi connectivity index (χ2v) is 5.79. The molecule has 0 aliphatic carbocycles. The van der Waals surface area contributed by atoms with E-state index < -0.39 is 0 Å². The van der Waals surface area contributed by atoms with Crippen LogP contribution in [0.1, 0.15) is 25.3 Å². The molecule has 5 nitrogen and oxygen atoms in total. The summed E-state index contributed by atoms with van der Waals surface area (Å²) >= 11 is 0.977. The summed E-state index contributed by atoms with van der Waals surface area (Å²) < 4.78 is 10.4. The first-order valence-electron chi connectivity index (χ1n) is 7.08. The van der Waals surface area contributed by atoms with E-state index in [1.54, 1.807) is 32.4 Å². The molecule has 6 heteroatoms. The number of carbonyl (C=O) groups excluding carboxylic acids is 2. The maximum absolute atomic E-state index is 12.3. The lowest BCUT2D eigenvalue weighted by atomic mass is 10.2. The molecule has 0 aromatic heterocycles. The fourth-order valence-corrected chi connectivity index (χ4v) is 2.97. The molecular formula is C16H19NO4S. The fourth-order valence-electron chi connectivity index (χ4n) is 2.10. The Labute approximate surface area is 134 Å². The number of nitrogens with zero attached hydrogens (tertiary/aromatic N) is 1. The number of unbranched alkanes of at least 4 members (excludes halogenated alkanes) is 1. The molecule has 1 aliphatic heterocycles. The van der Waals surface area contributed by atoms with Crippen molar-refractivity contribution >= 4 is 29.0 Å². The molecular weight excluding hydrogens is 302 g/mol. The molecule has 0 N–H and O–H groups in total. The van der Waals surface area contributed by atoms with E-state index in [1.807, 2.05) is 13.0 Å². The maximum atomic E-state index is 12.3. The molecule has 118 valence electrons. The molecule has 22 heavy (non-hydrogen) atoms. The molecule has 2 rings (SSSR count). The lowest BCUT2D eigenvalue weighted by molar-refractivity contribution is -0.122. The number of hydrogen-bond donors (Lipinski definition) is 0. The highest BCUT2D eigenvalue weighted by molar-refractivity contribution is 8.18. The number of imide groups is 1. The monoisotopic (exact) mass is 321 g/mol. The Morgan fingerprint density at radius 2 is 1.91 bits per heavy atom. The Hall–Kier alpha value is -1.95. The van der Waals surface area contributed by atoms with Crippen LogP contribution in [0.4, 0.5) is 4.79 Å². The first-order valence-corrected chi connectivity index (χ1v) is 7.89. The predicted octanol–water partition coefficient (Wildman–Crippen LogP) is 3.54. The van der Waals surface area contributed by atoms with Gasteiger partial charge in [-0.15, -0.1) is 0 Å². The number of thioether (sulfide) groups is 1. The second kappa shape index (κ2) is 7.35. The zero-order valence-electron chi connectivity index (χ0n) is 12.9. The van der Waals surface area contributed by atoms with Crippen molar-refractivity contribution in [2.45, 2.75) is 19.8 Å². The number of methoxy groups -OCH3 is 2. The van der Waals surface area contributed by atoms with Crippen LogP contribution in [0, 0.1) is 0 Å². The van der Waals surface area contributed by atoms with Gasteiger partial charge in [-0.25, -0.2) is 0 Å². The molecule has 1 aromatic carbocycles. The van der Waals surface area contributed by atoms with Crippen molar-refractivity contribution in [2.75, 3.05) is 20.8 Å². The average Bonchev–Trinajstić information content (AvgIpc) is 2.79. The summed E-state index contributed by atoms with van der Waals surface area (Å²) in [5.41, 5.74) is 0.790. The first-order chi connectivity index (χ1) is 10.6. The summed E-state index contributed by atoms with van der Waals surface area (Å²) in [6.45, 7) is 2.50. The lowest BCUT2D eigenvalue weighted by Gasteiger charge is -2.10. The van der Waals surface area contributed by atoms with Gasteiger partial charge in [-0.3, -0.25) is 14.5 Å². The minimum Gasteiger partial charge on any atom is -0.493 e. The molecule has 0 unspecified atom stereocenters. The average molecular weight is 321 g/mol.